The summed E-state index contributed by atoms with van der Waals surface area (Å²) in [5.41, 5.74) is 3.39. The Kier molecular flexibility index (Phi) is 7.10. The van der Waals surface area contributed by atoms with Gasteiger partial charge in [0.25, 0.3) is 5.91 Å². The summed E-state index contributed by atoms with van der Waals surface area (Å²) in [4.78, 5) is 45.0. The maximum absolute atomic E-state index is 13.2. The first-order chi connectivity index (χ1) is 16.8. The van der Waals surface area contributed by atoms with Crippen molar-refractivity contribution in [1.82, 2.24) is 9.88 Å². The second kappa shape index (κ2) is 10.2. The van der Waals surface area contributed by atoms with Crippen molar-refractivity contribution >= 4 is 45.1 Å². The van der Waals surface area contributed by atoms with Crippen molar-refractivity contribution in [3.8, 4) is 6.07 Å². The number of carbonyl (C=O) groups excluding carboxylic acids is 3. The highest BCUT2D eigenvalue weighted by molar-refractivity contribution is 7.18. The van der Waals surface area contributed by atoms with Crippen LogP contribution in [0.15, 0.2) is 24.3 Å². The van der Waals surface area contributed by atoms with Gasteiger partial charge in [-0.3, -0.25) is 9.78 Å². The first-order valence-electron chi connectivity index (χ1n) is 11.1. The Morgan fingerprint density at radius 1 is 1.23 bits per heavy atom. The summed E-state index contributed by atoms with van der Waals surface area (Å²) in [5, 5.41) is 13.0. The molecule has 0 bridgehead atoms. The summed E-state index contributed by atoms with van der Waals surface area (Å²) in [6, 6.07) is 9.36. The van der Waals surface area contributed by atoms with Crippen LogP contribution in [0.3, 0.4) is 0 Å². The zero-order chi connectivity index (χ0) is 25.1. The fourth-order valence-corrected chi connectivity index (χ4v) is 5.12. The third-order valence-corrected chi connectivity index (χ3v) is 6.94. The van der Waals surface area contributed by atoms with E-state index in [0.717, 1.165) is 35.6 Å². The van der Waals surface area contributed by atoms with E-state index in [-0.39, 0.29) is 22.0 Å². The molecule has 2 aromatic heterocycles. The lowest BCUT2D eigenvalue weighted by atomic mass is 9.96. The van der Waals surface area contributed by atoms with Gasteiger partial charge in [0, 0.05) is 36.2 Å². The first-order valence-corrected chi connectivity index (χ1v) is 11.9. The molecule has 0 unspecified atom stereocenters. The summed E-state index contributed by atoms with van der Waals surface area (Å²) in [6.45, 7) is 4.34. The van der Waals surface area contributed by atoms with E-state index in [4.69, 9.17) is 14.5 Å². The number of carbonyl (C=O) groups is 3. The molecule has 1 N–H and O–H groups in total. The van der Waals surface area contributed by atoms with Gasteiger partial charge in [0.05, 0.1) is 23.3 Å². The summed E-state index contributed by atoms with van der Waals surface area (Å²) in [5.74, 6) is -1.78. The molecule has 1 amide bonds. The number of nitrogens with zero attached hydrogens (tertiary/aromatic N) is 3. The number of esters is 2. The van der Waals surface area contributed by atoms with Crippen molar-refractivity contribution in [2.75, 3.05) is 32.1 Å². The Hall–Kier alpha value is -3.81. The number of likely N-dealkylation sites (N-methyl/N-ethyl adjacent to an activating group) is 1. The van der Waals surface area contributed by atoms with E-state index < -0.39 is 24.5 Å². The zero-order valence-corrected chi connectivity index (χ0v) is 20.5. The Morgan fingerprint density at radius 3 is 2.74 bits per heavy atom. The highest BCUT2D eigenvalue weighted by atomic mass is 32.1. The highest BCUT2D eigenvalue weighted by Crippen LogP contribution is 2.33. The van der Waals surface area contributed by atoms with E-state index in [1.807, 2.05) is 37.4 Å². The number of thiophene rings is 1. The maximum atomic E-state index is 13.2. The van der Waals surface area contributed by atoms with Crippen LogP contribution in [-0.4, -0.2) is 54.5 Å². The molecule has 10 heteroatoms. The molecule has 35 heavy (non-hydrogen) atoms. The fourth-order valence-electron chi connectivity index (χ4n) is 4.05. The van der Waals surface area contributed by atoms with E-state index in [2.05, 4.69) is 10.2 Å². The minimum atomic E-state index is -0.615. The normalized spacial score (nSPS) is 13.1. The van der Waals surface area contributed by atoms with Crippen LogP contribution in [0.2, 0.25) is 0 Å². The van der Waals surface area contributed by atoms with Crippen LogP contribution in [0, 0.1) is 18.3 Å². The average molecular weight is 493 g/mol. The predicted molar refractivity (Wildman–Crippen MR) is 130 cm³/mol. The van der Waals surface area contributed by atoms with Gasteiger partial charge in [-0.2, -0.15) is 5.26 Å². The number of nitriles is 1. The second-order valence-corrected chi connectivity index (χ2v) is 9.15. The number of hydrogen-bond acceptors (Lipinski definition) is 9. The number of ether oxygens (including phenoxy) is 2. The molecule has 180 valence electrons. The van der Waals surface area contributed by atoms with Crippen molar-refractivity contribution in [2.45, 2.75) is 26.8 Å². The molecule has 4 rings (SSSR count). The Morgan fingerprint density at radius 2 is 2.00 bits per heavy atom. The zero-order valence-electron chi connectivity index (χ0n) is 19.6. The van der Waals surface area contributed by atoms with Crippen LogP contribution in [0.4, 0.5) is 5.00 Å². The molecular weight excluding hydrogens is 468 g/mol. The third-order valence-electron chi connectivity index (χ3n) is 5.75. The van der Waals surface area contributed by atoms with Crippen LogP contribution in [0.1, 0.15) is 49.3 Å². The number of benzene rings is 1. The number of para-hydroxylation sites is 1. The standard InChI is InChI=1S/C25H24N4O5S/c1-4-33-25(32)22-14(2)16(11-26)23(35-22)28-20(30)13-34-24(31)21-15-7-5-6-8-18(15)27-19-9-10-29(3)12-17(19)21/h5-8H,4,9-10,12-13H2,1-3H3,(H,28,30). The summed E-state index contributed by atoms with van der Waals surface area (Å²) >= 11 is 0.955. The molecule has 0 aliphatic carbocycles. The van der Waals surface area contributed by atoms with Crippen molar-refractivity contribution < 1.29 is 23.9 Å². The van der Waals surface area contributed by atoms with Gasteiger partial charge < -0.3 is 19.7 Å². The quantitative estimate of drug-likeness (QED) is 0.520. The number of hydrogen-bond donors (Lipinski definition) is 1. The molecular formula is C25H24N4O5S. The number of pyridine rings is 1. The second-order valence-electron chi connectivity index (χ2n) is 8.13. The lowest BCUT2D eigenvalue weighted by molar-refractivity contribution is -0.119. The Balaban J connectivity index is 1.54. The number of fused-ring (bicyclic) bond motifs is 2. The predicted octanol–water partition coefficient (Wildman–Crippen LogP) is 3.44. The van der Waals surface area contributed by atoms with Crippen molar-refractivity contribution in [3.63, 3.8) is 0 Å². The van der Waals surface area contributed by atoms with Crippen molar-refractivity contribution in [1.29, 1.82) is 5.26 Å². The molecule has 0 radical (unpaired) electrons. The molecule has 0 atom stereocenters. The van der Waals surface area contributed by atoms with Gasteiger partial charge in [-0.1, -0.05) is 18.2 Å². The molecule has 0 saturated heterocycles. The van der Waals surface area contributed by atoms with Crippen LogP contribution in [-0.2, 0) is 27.2 Å². The van der Waals surface area contributed by atoms with Gasteiger partial charge in [0.15, 0.2) is 6.61 Å². The number of amides is 1. The highest BCUT2D eigenvalue weighted by Gasteiger charge is 2.26. The van der Waals surface area contributed by atoms with Gasteiger partial charge in [-0.15, -0.1) is 11.3 Å². The summed E-state index contributed by atoms with van der Waals surface area (Å²) in [6.07, 6.45) is 0.717. The topological polar surface area (TPSA) is 122 Å². The van der Waals surface area contributed by atoms with Crippen LogP contribution in [0.25, 0.3) is 10.9 Å². The number of aromatic nitrogens is 1. The van der Waals surface area contributed by atoms with Crippen molar-refractivity contribution in [2.24, 2.45) is 0 Å². The molecule has 3 heterocycles. The fraction of sp³-hybridized carbons (Fsp3) is 0.320. The van der Waals surface area contributed by atoms with Gasteiger partial charge in [-0.05, 0) is 32.5 Å². The Labute approximate surface area is 206 Å². The van der Waals surface area contributed by atoms with E-state index in [1.54, 1.807) is 13.8 Å². The smallest absolute Gasteiger partial charge is 0.348 e. The SMILES string of the molecule is CCOC(=O)c1sc(NC(=O)COC(=O)c2c3c(nc4ccccc24)CCN(C)C3)c(C#N)c1C. The van der Waals surface area contributed by atoms with Gasteiger partial charge in [0.1, 0.15) is 15.9 Å². The van der Waals surface area contributed by atoms with E-state index in [0.29, 0.717) is 28.6 Å². The maximum Gasteiger partial charge on any atom is 0.348 e. The molecule has 1 aromatic carbocycles. The Bertz CT molecular complexity index is 1370. The minimum Gasteiger partial charge on any atom is -0.462 e. The third kappa shape index (κ3) is 4.87. The summed E-state index contributed by atoms with van der Waals surface area (Å²) in [7, 11) is 1.97. The number of rotatable bonds is 6. The van der Waals surface area contributed by atoms with Gasteiger partial charge in [0.2, 0.25) is 0 Å². The van der Waals surface area contributed by atoms with Crippen molar-refractivity contribution in [3.05, 3.63) is 57.1 Å². The largest absolute Gasteiger partial charge is 0.462 e. The first kappa shape index (κ1) is 24.3. The number of anilines is 1. The molecule has 9 nitrogen and oxygen atoms in total. The van der Waals surface area contributed by atoms with Crippen LogP contribution < -0.4 is 5.32 Å². The minimum absolute atomic E-state index is 0.176. The van der Waals surface area contributed by atoms with E-state index >= 15 is 0 Å². The van der Waals surface area contributed by atoms with Gasteiger partial charge >= 0.3 is 11.9 Å². The average Bonchev–Trinajstić information content (AvgIpc) is 3.15. The monoisotopic (exact) mass is 492 g/mol. The van der Waals surface area contributed by atoms with Crippen LogP contribution >= 0.6 is 11.3 Å². The molecule has 1 aliphatic rings. The number of nitrogens with one attached hydrogen (secondary N) is 1. The van der Waals surface area contributed by atoms with Crippen LogP contribution in [0.5, 0.6) is 0 Å². The molecule has 0 spiro atoms. The molecule has 0 fully saturated rings. The van der Waals surface area contributed by atoms with E-state index in [1.165, 1.54) is 0 Å². The molecule has 1 aliphatic heterocycles. The lowest BCUT2D eigenvalue weighted by Gasteiger charge is -2.26. The summed E-state index contributed by atoms with van der Waals surface area (Å²) < 4.78 is 10.4. The van der Waals surface area contributed by atoms with E-state index in [9.17, 15) is 19.6 Å². The molecule has 0 saturated carbocycles. The lowest BCUT2D eigenvalue weighted by Crippen LogP contribution is -2.30. The molecule has 3 aromatic rings. The van der Waals surface area contributed by atoms with Gasteiger partial charge in [-0.25, -0.2) is 9.59 Å².